The van der Waals surface area contributed by atoms with Gasteiger partial charge in [0.05, 0.1) is 29.2 Å². The Labute approximate surface area is 304 Å². The Morgan fingerprint density at radius 3 is 2.55 bits per heavy atom. The van der Waals surface area contributed by atoms with E-state index in [1.54, 1.807) is 49.9 Å². The first-order valence-electron chi connectivity index (χ1n) is 17.3. The van der Waals surface area contributed by atoms with Gasteiger partial charge in [0.15, 0.2) is 12.6 Å². The number of hydrogen-bond acceptors (Lipinski definition) is 9. The number of rotatable bonds is 9. The number of aliphatic hydroxyl groups excluding tert-OH is 1. The van der Waals surface area contributed by atoms with Crippen molar-refractivity contribution < 1.29 is 46.4 Å². The Bertz CT molecular complexity index is 2170. The quantitative estimate of drug-likeness (QED) is 0.110. The van der Waals surface area contributed by atoms with Gasteiger partial charge in [-0.05, 0) is 70.2 Å². The third kappa shape index (κ3) is 6.33. The number of terminal acetylenes is 1. The van der Waals surface area contributed by atoms with Crippen molar-refractivity contribution in [1.82, 2.24) is 14.9 Å². The predicted molar refractivity (Wildman–Crippen MR) is 189 cm³/mol. The van der Waals surface area contributed by atoms with E-state index in [0.29, 0.717) is 29.2 Å². The first-order chi connectivity index (χ1) is 25.0. The molecular weight excluding hydrogens is 696 g/mol. The molecule has 10 nitrogen and oxygen atoms in total. The van der Waals surface area contributed by atoms with Crippen LogP contribution in [-0.4, -0.2) is 89.4 Å². The summed E-state index contributed by atoms with van der Waals surface area (Å²) in [5.74, 6) is -2.22. The number of fused-ring (bicyclic) bond motifs is 4. The van der Waals surface area contributed by atoms with Crippen molar-refractivity contribution >= 4 is 33.6 Å². The average Bonchev–Trinajstić information content (AvgIpc) is 3.58. The number of hydrogen-bond donors (Lipinski definition) is 1. The van der Waals surface area contributed by atoms with E-state index in [1.807, 2.05) is 11.8 Å². The summed E-state index contributed by atoms with van der Waals surface area (Å²) in [6.07, 6.45) is 6.05. The molecule has 0 spiro atoms. The van der Waals surface area contributed by atoms with E-state index in [4.69, 9.17) is 25.4 Å². The molecule has 2 aliphatic heterocycles. The molecular formula is C39H40F4N4O6. The summed E-state index contributed by atoms with van der Waals surface area (Å²) in [5.41, 5.74) is -3.60. The van der Waals surface area contributed by atoms with Crippen LogP contribution in [0.1, 0.15) is 52.5 Å². The van der Waals surface area contributed by atoms with E-state index in [2.05, 4.69) is 15.9 Å². The molecule has 1 N–H and O–H groups in total. The van der Waals surface area contributed by atoms with Crippen LogP contribution in [0.2, 0.25) is 0 Å². The van der Waals surface area contributed by atoms with E-state index >= 15 is 8.78 Å². The van der Waals surface area contributed by atoms with Crippen molar-refractivity contribution in [3.63, 3.8) is 0 Å². The lowest BCUT2D eigenvalue weighted by Crippen LogP contribution is -2.63. The summed E-state index contributed by atoms with van der Waals surface area (Å²) in [5, 5.41) is 10.7. The molecule has 3 atom stereocenters. The highest BCUT2D eigenvalue weighted by molar-refractivity contribution is 6.04. The summed E-state index contributed by atoms with van der Waals surface area (Å²) in [4.78, 5) is 25.8. The second kappa shape index (κ2) is 12.9. The lowest BCUT2D eigenvalue weighted by molar-refractivity contribution is -0.00295. The van der Waals surface area contributed by atoms with Crippen LogP contribution < -0.4 is 14.4 Å². The number of halogens is 4. The molecule has 7 rings (SSSR count). The normalized spacial score (nSPS) is 23.3. The molecule has 14 heteroatoms. The minimum Gasteiger partial charge on any atom is -0.468 e. The monoisotopic (exact) mass is 736 g/mol. The van der Waals surface area contributed by atoms with E-state index in [9.17, 15) is 18.7 Å². The Balaban J connectivity index is 1.38. The van der Waals surface area contributed by atoms with Gasteiger partial charge < -0.3 is 29.0 Å². The van der Waals surface area contributed by atoms with Crippen molar-refractivity contribution in [2.75, 3.05) is 45.1 Å². The fourth-order valence-corrected chi connectivity index (χ4v) is 7.67. The fraction of sp³-hybridized carbons (Fsp3) is 0.462. The number of methoxy groups -OCH3 is 1. The van der Waals surface area contributed by atoms with Gasteiger partial charge in [0, 0.05) is 48.5 Å². The molecule has 3 aromatic carbocycles. The molecule has 2 saturated heterocycles. The van der Waals surface area contributed by atoms with E-state index < -0.39 is 71.4 Å². The van der Waals surface area contributed by atoms with Gasteiger partial charge in [-0.3, -0.25) is 4.90 Å². The summed E-state index contributed by atoms with van der Waals surface area (Å²) < 4.78 is 84.6. The third-order valence-corrected chi connectivity index (χ3v) is 10.4. The predicted octanol–water partition coefficient (Wildman–Crippen LogP) is 7.07. The number of amides is 1. The number of alkyl halides is 2. The van der Waals surface area contributed by atoms with E-state index in [1.165, 1.54) is 13.2 Å². The summed E-state index contributed by atoms with van der Waals surface area (Å²) in [6, 6.07) is 8.63. The molecule has 1 saturated carbocycles. The highest BCUT2D eigenvalue weighted by Crippen LogP contribution is 2.60. The van der Waals surface area contributed by atoms with Gasteiger partial charge in [-0.15, -0.1) is 6.42 Å². The second-order valence-corrected chi connectivity index (χ2v) is 15.4. The number of aliphatic hydroxyl groups is 1. The van der Waals surface area contributed by atoms with Crippen LogP contribution in [0.25, 0.3) is 32.8 Å². The Hall–Kier alpha value is -4.87. The van der Waals surface area contributed by atoms with E-state index in [-0.39, 0.29) is 54.0 Å². The summed E-state index contributed by atoms with van der Waals surface area (Å²) in [6.45, 7) is 6.11. The average molecular weight is 737 g/mol. The van der Waals surface area contributed by atoms with Crippen molar-refractivity contribution in [2.45, 2.75) is 70.1 Å². The number of carbonyl (C=O) groups is 1. The number of carbonyl (C=O) groups excluding carboxylic acids is 1. The van der Waals surface area contributed by atoms with Crippen LogP contribution in [0, 0.1) is 29.4 Å². The Morgan fingerprint density at radius 2 is 1.91 bits per heavy atom. The van der Waals surface area contributed by atoms with Crippen molar-refractivity contribution in [2.24, 2.45) is 5.41 Å². The minimum absolute atomic E-state index is 0.00621. The van der Waals surface area contributed by atoms with Crippen molar-refractivity contribution in [3.05, 3.63) is 53.6 Å². The summed E-state index contributed by atoms with van der Waals surface area (Å²) >= 11 is 0. The van der Waals surface area contributed by atoms with Gasteiger partial charge in [0.1, 0.15) is 35.1 Å². The zero-order valence-corrected chi connectivity index (χ0v) is 30.1. The smallest absolute Gasteiger partial charge is 0.411 e. The fourth-order valence-electron chi connectivity index (χ4n) is 7.67. The molecule has 1 aromatic heterocycles. The number of anilines is 1. The molecule has 3 heterocycles. The first-order valence-corrected chi connectivity index (χ1v) is 17.3. The zero-order valence-electron chi connectivity index (χ0n) is 30.1. The van der Waals surface area contributed by atoms with Gasteiger partial charge in [-0.1, -0.05) is 18.1 Å². The lowest BCUT2D eigenvalue weighted by atomic mass is 9.92. The second-order valence-electron chi connectivity index (χ2n) is 15.4. The van der Waals surface area contributed by atoms with Gasteiger partial charge in [-0.25, -0.2) is 22.4 Å². The van der Waals surface area contributed by atoms with Crippen LogP contribution in [0.15, 0.2) is 36.4 Å². The highest BCUT2D eigenvalue weighted by Gasteiger charge is 2.71. The largest absolute Gasteiger partial charge is 0.468 e. The lowest BCUT2D eigenvalue weighted by Gasteiger charge is -2.47. The van der Waals surface area contributed by atoms with Crippen LogP contribution in [0.5, 0.6) is 11.8 Å². The van der Waals surface area contributed by atoms with Crippen LogP contribution in [0.4, 0.5) is 28.2 Å². The molecule has 1 amide bonds. The molecule has 2 bridgehead atoms. The zero-order chi connectivity index (χ0) is 38.1. The topological polar surface area (TPSA) is 106 Å². The maximum absolute atomic E-state index is 17.2. The van der Waals surface area contributed by atoms with Crippen molar-refractivity contribution in [3.8, 4) is 35.2 Å². The standard InChI is InChI=1S/C39H40F4N4O6/c1-7-22-9-8-10-23-13-25(52-21-50-6)14-26(29(22)23)30-28(40)15-27-32(31(30)41)44-34(51-20-38(19-48)17-39(38,42)43)45-33(27)46-16-24-11-12-37(5,18-46)47(24)35(49)53-36(2,3)4/h1,8-10,13-15,24,48H,11-12,16-21H2,2-6H3/t24-,37+,38-/m1/s1. The SMILES string of the molecule is C#Cc1cccc2cc(OCOC)cc(-c3c(F)cc4c(N5C[C@H]6CC[C@@](C)(C5)N6C(=O)OC(C)(C)C)nc(OC[C@]5(CO)CC5(F)F)nc4c3F)c12. The molecule has 53 heavy (non-hydrogen) atoms. The van der Waals surface area contributed by atoms with Gasteiger partial charge in [0.25, 0.3) is 5.92 Å². The van der Waals surface area contributed by atoms with Crippen LogP contribution >= 0.6 is 0 Å². The highest BCUT2D eigenvalue weighted by atomic mass is 19.3. The van der Waals surface area contributed by atoms with Crippen LogP contribution in [-0.2, 0) is 9.47 Å². The molecule has 0 unspecified atom stereocenters. The van der Waals surface area contributed by atoms with Gasteiger partial charge >= 0.3 is 12.1 Å². The van der Waals surface area contributed by atoms with E-state index in [0.717, 1.165) is 6.07 Å². The molecule has 4 aromatic rings. The first kappa shape index (κ1) is 36.5. The number of benzene rings is 3. The van der Waals surface area contributed by atoms with Crippen molar-refractivity contribution in [1.29, 1.82) is 0 Å². The number of piperazine rings is 1. The number of nitrogens with zero attached hydrogens (tertiary/aromatic N) is 4. The van der Waals surface area contributed by atoms with Gasteiger partial charge in [-0.2, -0.15) is 9.97 Å². The maximum Gasteiger partial charge on any atom is 0.411 e. The van der Waals surface area contributed by atoms with Gasteiger partial charge in [0.2, 0.25) is 0 Å². The number of ether oxygens (including phenoxy) is 4. The Kier molecular flexibility index (Phi) is 8.89. The summed E-state index contributed by atoms with van der Waals surface area (Å²) in [7, 11) is 1.44. The Morgan fingerprint density at radius 1 is 1.15 bits per heavy atom. The molecule has 3 aliphatic rings. The molecule has 3 fully saturated rings. The molecule has 0 radical (unpaired) electrons. The molecule has 1 aliphatic carbocycles. The molecule has 280 valence electrons. The third-order valence-electron chi connectivity index (χ3n) is 10.4. The number of aromatic nitrogens is 2. The maximum atomic E-state index is 17.2. The van der Waals surface area contributed by atoms with Crippen LogP contribution in [0.3, 0.4) is 0 Å². The minimum atomic E-state index is -3.17.